The average Bonchev–Trinajstić information content (AvgIpc) is 2.91. The molecule has 1 amide bonds. The van der Waals surface area contributed by atoms with Crippen LogP contribution in [0.3, 0.4) is 0 Å². The van der Waals surface area contributed by atoms with Gasteiger partial charge in [-0.15, -0.1) is 11.8 Å². The lowest BCUT2D eigenvalue weighted by Crippen LogP contribution is -2.28. The first-order valence-corrected chi connectivity index (χ1v) is 8.06. The lowest BCUT2D eigenvalue weighted by atomic mass is 10.2. The van der Waals surface area contributed by atoms with Gasteiger partial charge in [-0.3, -0.25) is 4.79 Å². The number of pyridine rings is 1. The molecule has 112 valence electrons. The smallest absolute Gasteiger partial charge is 0.256 e. The molecule has 0 spiro atoms. The fourth-order valence-corrected chi connectivity index (χ4v) is 2.68. The molecule has 0 N–H and O–H groups in total. The molecule has 0 bridgehead atoms. The van der Waals surface area contributed by atoms with Crippen molar-refractivity contribution in [2.75, 3.05) is 19.8 Å². The van der Waals surface area contributed by atoms with E-state index in [1.807, 2.05) is 37.2 Å². The number of aromatic nitrogens is 3. The van der Waals surface area contributed by atoms with Crippen molar-refractivity contribution >= 4 is 17.7 Å². The summed E-state index contributed by atoms with van der Waals surface area (Å²) >= 11 is 1.49. The van der Waals surface area contributed by atoms with Crippen LogP contribution < -0.4 is 0 Å². The van der Waals surface area contributed by atoms with E-state index < -0.39 is 0 Å². The molecule has 0 aliphatic heterocycles. The highest BCUT2D eigenvalue weighted by Gasteiger charge is 2.15. The van der Waals surface area contributed by atoms with E-state index >= 15 is 0 Å². The monoisotopic (exact) mass is 304 g/mol. The third-order valence-corrected chi connectivity index (χ3v) is 4.07. The van der Waals surface area contributed by atoms with Gasteiger partial charge in [0.05, 0.1) is 5.56 Å². The van der Waals surface area contributed by atoms with E-state index in [9.17, 15) is 4.79 Å². The Balaban J connectivity index is 1.92. The standard InChI is InChI=1S/C15H20N4OS/c1-18-11-9-16-13(18)7-5-10-19(2)15(20)12-6-4-8-17-14(12)21-3/h4,6,8-9,11H,5,7,10H2,1-3H3. The van der Waals surface area contributed by atoms with Gasteiger partial charge in [0.15, 0.2) is 0 Å². The van der Waals surface area contributed by atoms with E-state index in [0.717, 1.165) is 23.7 Å². The second-order valence-corrected chi connectivity index (χ2v) is 5.64. The Kier molecular flexibility index (Phi) is 5.38. The SMILES string of the molecule is CSc1ncccc1C(=O)N(C)CCCc1nccn1C. The Morgan fingerprint density at radius 3 is 2.86 bits per heavy atom. The zero-order valence-corrected chi connectivity index (χ0v) is 13.4. The third-order valence-electron chi connectivity index (χ3n) is 3.36. The van der Waals surface area contributed by atoms with Crippen LogP contribution >= 0.6 is 11.8 Å². The van der Waals surface area contributed by atoms with E-state index in [2.05, 4.69) is 9.97 Å². The molecule has 0 fully saturated rings. The van der Waals surface area contributed by atoms with Crippen molar-refractivity contribution in [1.29, 1.82) is 0 Å². The summed E-state index contributed by atoms with van der Waals surface area (Å²) in [7, 11) is 3.81. The van der Waals surface area contributed by atoms with Gasteiger partial charge in [-0.25, -0.2) is 9.97 Å². The molecule has 5 nitrogen and oxygen atoms in total. The Morgan fingerprint density at radius 2 is 2.19 bits per heavy atom. The van der Waals surface area contributed by atoms with Crippen LogP contribution in [0.2, 0.25) is 0 Å². The minimum absolute atomic E-state index is 0.0206. The number of hydrogen-bond donors (Lipinski definition) is 0. The highest BCUT2D eigenvalue weighted by molar-refractivity contribution is 7.98. The maximum absolute atomic E-state index is 12.4. The average molecular weight is 304 g/mol. The Labute approximate surface area is 129 Å². The predicted molar refractivity (Wildman–Crippen MR) is 84.5 cm³/mol. The number of amides is 1. The fourth-order valence-electron chi connectivity index (χ4n) is 2.14. The Hall–Kier alpha value is -1.82. The molecule has 0 aliphatic carbocycles. The van der Waals surface area contributed by atoms with Crippen LogP contribution in [0.1, 0.15) is 22.6 Å². The van der Waals surface area contributed by atoms with Gasteiger partial charge in [0.25, 0.3) is 5.91 Å². The van der Waals surface area contributed by atoms with E-state index in [1.54, 1.807) is 23.4 Å². The van der Waals surface area contributed by atoms with E-state index in [4.69, 9.17) is 0 Å². The van der Waals surface area contributed by atoms with Gasteiger partial charge >= 0.3 is 0 Å². The molecule has 0 unspecified atom stereocenters. The minimum Gasteiger partial charge on any atom is -0.342 e. The normalized spacial score (nSPS) is 10.6. The van der Waals surface area contributed by atoms with E-state index in [1.165, 1.54) is 11.8 Å². The van der Waals surface area contributed by atoms with Crippen molar-refractivity contribution in [3.63, 3.8) is 0 Å². The van der Waals surface area contributed by atoms with Gasteiger partial charge in [0.2, 0.25) is 0 Å². The van der Waals surface area contributed by atoms with Crippen LogP contribution in [0, 0.1) is 0 Å². The molecule has 0 saturated heterocycles. The number of rotatable bonds is 6. The molecule has 2 aromatic heterocycles. The van der Waals surface area contributed by atoms with Crippen LogP contribution in [-0.4, -0.2) is 45.2 Å². The summed E-state index contributed by atoms with van der Waals surface area (Å²) in [6.07, 6.45) is 9.13. The van der Waals surface area contributed by atoms with Crippen LogP contribution in [-0.2, 0) is 13.5 Å². The maximum Gasteiger partial charge on any atom is 0.256 e. The summed E-state index contributed by atoms with van der Waals surface area (Å²) in [4.78, 5) is 22.7. The van der Waals surface area contributed by atoms with Crippen LogP contribution in [0.25, 0.3) is 0 Å². The summed E-state index contributed by atoms with van der Waals surface area (Å²) in [6, 6.07) is 3.63. The zero-order valence-electron chi connectivity index (χ0n) is 12.6. The summed E-state index contributed by atoms with van der Waals surface area (Å²) in [5.74, 6) is 1.06. The summed E-state index contributed by atoms with van der Waals surface area (Å²) in [5.41, 5.74) is 0.671. The Morgan fingerprint density at radius 1 is 1.38 bits per heavy atom. The van der Waals surface area contributed by atoms with Crippen molar-refractivity contribution in [1.82, 2.24) is 19.4 Å². The lowest BCUT2D eigenvalue weighted by molar-refractivity contribution is 0.0789. The predicted octanol–water partition coefficient (Wildman–Crippen LogP) is 2.24. The summed E-state index contributed by atoms with van der Waals surface area (Å²) < 4.78 is 2.01. The van der Waals surface area contributed by atoms with E-state index in [-0.39, 0.29) is 5.91 Å². The quantitative estimate of drug-likeness (QED) is 0.768. The number of nitrogens with zero attached hydrogens (tertiary/aromatic N) is 4. The molecule has 0 radical (unpaired) electrons. The Bertz CT molecular complexity index is 611. The van der Waals surface area contributed by atoms with Gasteiger partial charge in [0.1, 0.15) is 10.9 Å². The molecule has 2 aromatic rings. The maximum atomic E-state index is 12.4. The second-order valence-electron chi connectivity index (χ2n) is 4.84. The van der Waals surface area contributed by atoms with Crippen molar-refractivity contribution in [2.24, 2.45) is 7.05 Å². The van der Waals surface area contributed by atoms with Crippen molar-refractivity contribution < 1.29 is 4.79 Å². The molecular weight excluding hydrogens is 284 g/mol. The largest absolute Gasteiger partial charge is 0.342 e. The molecule has 0 aromatic carbocycles. The first-order chi connectivity index (χ1) is 10.1. The number of hydrogen-bond acceptors (Lipinski definition) is 4. The molecular formula is C15H20N4OS. The third kappa shape index (κ3) is 3.85. The van der Waals surface area contributed by atoms with Gasteiger partial charge in [-0.1, -0.05) is 0 Å². The zero-order chi connectivity index (χ0) is 15.2. The summed E-state index contributed by atoms with van der Waals surface area (Å²) in [5, 5.41) is 0.776. The molecule has 6 heteroatoms. The van der Waals surface area contributed by atoms with Crippen LogP contribution in [0.4, 0.5) is 0 Å². The second kappa shape index (κ2) is 7.26. The number of thioether (sulfide) groups is 1. The molecule has 0 aliphatic rings. The van der Waals surface area contributed by atoms with Crippen molar-refractivity contribution in [3.05, 3.63) is 42.1 Å². The van der Waals surface area contributed by atoms with Crippen molar-refractivity contribution in [2.45, 2.75) is 17.9 Å². The highest BCUT2D eigenvalue weighted by atomic mass is 32.2. The van der Waals surface area contributed by atoms with Gasteiger partial charge in [-0.2, -0.15) is 0 Å². The lowest BCUT2D eigenvalue weighted by Gasteiger charge is -2.18. The fraction of sp³-hybridized carbons (Fsp3) is 0.400. The van der Waals surface area contributed by atoms with Gasteiger partial charge < -0.3 is 9.47 Å². The summed E-state index contributed by atoms with van der Waals surface area (Å²) in [6.45, 7) is 0.703. The number of aryl methyl sites for hydroxylation is 2. The molecule has 0 saturated carbocycles. The van der Waals surface area contributed by atoms with Crippen LogP contribution in [0.15, 0.2) is 35.7 Å². The first-order valence-electron chi connectivity index (χ1n) is 6.84. The molecule has 0 atom stereocenters. The first kappa shape index (κ1) is 15.6. The molecule has 21 heavy (non-hydrogen) atoms. The minimum atomic E-state index is 0.0206. The number of carbonyl (C=O) groups is 1. The van der Waals surface area contributed by atoms with E-state index in [0.29, 0.717) is 12.1 Å². The van der Waals surface area contributed by atoms with Crippen molar-refractivity contribution in [3.8, 4) is 0 Å². The number of imidazole rings is 1. The van der Waals surface area contributed by atoms with Gasteiger partial charge in [0, 0.05) is 45.7 Å². The van der Waals surface area contributed by atoms with Gasteiger partial charge in [-0.05, 0) is 24.8 Å². The topological polar surface area (TPSA) is 51.0 Å². The number of carbonyl (C=O) groups excluding carboxylic acids is 1. The molecule has 2 rings (SSSR count). The molecule has 2 heterocycles. The van der Waals surface area contributed by atoms with Crippen LogP contribution in [0.5, 0.6) is 0 Å². The highest BCUT2D eigenvalue weighted by Crippen LogP contribution is 2.18.